The molecule has 0 aliphatic rings. The van der Waals surface area contributed by atoms with Crippen molar-refractivity contribution in [3.05, 3.63) is 96.6 Å². The van der Waals surface area contributed by atoms with Gasteiger partial charge in [0.25, 0.3) is 0 Å². The van der Waals surface area contributed by atoms with Gasteiger partial charge in [0, 0.05) is 6.08 Å². The lowest BCUT2D eigenvalue weighted by Crippen LogP contribution is -2.10. The van der Waals surface area contributed by atoms with Crippen LogP contribution in [-0.2, 0) is 9.53 Å². The fraction of sp³-hybridized carbons (Fsp3) is 0.233. The van der Waals surface area contributed by atoms with Crippen molar-refractivity contribution in [3.8, 4) is 23.0 Å². The van der Waals surface area contributed by atoms with E-state index in [9.17, 15) is 14.4 Å². The Labute approximate surface area is 221 Å². The molecule has 3 aromatic carbocycles. The van der Waals surface area contributed by atoms with E-state index >= 15 is 0 Å². The minimum absolute atomic E-state index is 0.267. The van der Waals surface area contributed by atoms with Crippen molar-refractivity contribution < 1.29 is 38.1 Å². The van der Waals surface area contributed by atoms with Crippen molar-refractivity contribution in [2.45, 2.75) is 32.6 Å². The predicted octanol–water partition coefficient (Wildman–Crippen LogP) is 6.15. The quantitative estimate of drug-likeness (QED) is 0.0824. The number of rotatable bonds is 14. The molecule has 0 aliphatic heterocycles. The summed E-state index contributed by atoms with van der Waals surface area (Å²) in [4.78, 5) is 35.9. The molecule has 0 N–H and O–H groups in total. The largest absolute Gasteiger partial charge is 0.494 e. The van der Waals surface area contributed by atoms with Crippen LogP contribution in [0, 0.1) is 0 Å². The zero-order valence-electron chi connectivity index (χ0n) is 21.2. The highest BCUT2D eigenvalue weighted by atomic mass is 16.7. The summed E-state index contributed by atoms with van der Waals surface area (Å²) in [5.41, 5.74) is 0.594. The molecule has 0 unspecified atom stereocenters. The lowest BCUT2D eigenvalue weighted by Gasteiger charge is -2.09. The number of hydrogen-bond acceptors (Lipinski definition) is 8. The van der Waals surface area contributed by atoms with E-state index in [4.69, 9.17) is 23.7 Å². The summed E-state index contributed by atoms with van der Waals surface area (Å²) in [5, 5.41) is 0. The van der Waals surface area contributed by atoms with E-state index < -0.39 is 17.9 Å². The van der Waals surface area contributed by atoms with Gasteiger partial charge in [0.1, 0.15) is 23.0 Å². The van der Waals surface area contributed by atoms with E-state index in [0.717, 1.165) is 24.7 Å². The van der Waals surface area contributed by atoms with Crippen LogP contribution in [0.15, 0.2) is 85.5 Å². The van der Waals surface area contributed by atoms with Crippen molar-refractivity contribution in [2.24, 2.45) is 0 Å². The fourth-order valence-electron chi connectivity index (χ4n) is 3.22. The van der Waals surface area contributed by atoms with E-state index in [1.165, 1.54) is 49.2 Å². The minimum atomic E-state index is -0.600. The Balaban J connectivity index is 1.46. The molecule has 3 aromatic rings. The molecule has 3 rings (SSSR count). The second kappa shape index (κ2) is 14.8. The summed E-state index contributed by atoms with van der Waals surface area (Å²) in [6.45, 7) is 5.84. The van der Waals surface area contributed by atoms with E-state index in [1.54, 1.807) is 36.4 Å². The first-order valence-electron chi connectivity index (χ1n) is 12.3. The lowest BCUT2D eigenvalue weighted by molar-refractivity contribution is -0.144. The van der Waals surface area contributed by atoms with Gasteiger partial charge in [-0.05, 0) is 79.2 Å². The van der Waals surface area contributed by atoms with Crippen LogP contribution < -0.4 is 18.9 Å². The molecular weight excluding hydrogens is 488 g/mol. The first-order chi connectivity index (χ1) is 18.5. The standard InChI is InChI=1S/C30H30O8/c1-3-5-6-7-20-34-24-16-18-27(19-17-24)38-30(33)23-10-14-26(15-11-23)37-29(32)22-8-12-25(13-9-22)35-21-36-28(31)4-2/h4,8-19H,2-3,5-7,20-21H2,1H3. The van der Waals surface area contributed by atoms with Gasteiger partial charge in [-0.3, -0.25) is 0 Å². The fourth-order valence-corrected chi connectivity index (χ4v) is 3.22. The van der Waals surface area contributed by atoms with Gasteiger partial charge >= 0.3 is 17.9 Å². The van der Waals surface area contributed by atoms with Crippen molar-refractivity contribution in [1.29, 1.82) is 0 Å². The Hall–Kier alpha value is -4.59. The SMILES string of the molecule is C=CC(=O)OCOc1ccc(C(=O)Oc2ccc(C(=O)Oc3ccc(OCCCCCC)cc3)cc2)cc1. The van der Waals surface area contributed by atoms with Crippen LogP contribution in [0.3, 0.4) is 0 Å². The van der Waals surface area contributed by atoms with Crippen LogP contribution in [0.4, 0.5) is 0 Å². The molecule has 0 saturated carbocycles. The zero-order valence-corrected chi connectivity index (χ0v) is 21.2. The average molecular weight is 519 g/mol. The third-order valence-electron chi connectivity index (χ3n) is 5.28. The van der Waals surface area contributed by atoms with Crippen molar-refractivity contribution >= 4 is 17.9 Å². The topological polar surface area (TPSA) is 97.4 Å². The molecule has 0 radical (unpaired) electrons. The molecule has 38 heavy (non-hydrogen) atoms. The smallest absolute Gasteiger partial charge is 0.343 e. The first-order valence-corrected chi connectivity index (χ1v) is 12.3. The normalized spacial score (nSPS) is 10.2. The van der Waals surface area contributed by atoms with Gasteiger partial charge in [-0.15, -0.1) is 0 Å². The highest BCUT2D eigenvalue weighted by Gasteiger charge is 2.12. The van der Waals surface area contributed by atoms with Crippen LogP contribution in [0.25, 0.3) is 0 Å². The summed E-state index contributed by atoms with van der Waals surface area (Å²) in [5.74, 6) is 0.0773. The lowest BCUT2D eigenvalue weighted by atomic mass is 10.2. The highest BCUT2D eigenvalue weighted by Crippen LogP contribution is 2.21. The summed E-state index contributed by atoms with van der Waals surface area (Å²) in [7, 11) is 0. The van der Waals surface area contributed by atoms with Gasteiger partial charge in [0.2, 0.25) is 6.79 Å². The van der Waals surface area contributed by atoms with E-state index in [2.05, 4.69) is 13.5 Å². The Bertz CT molecular complexity index is 1200. The van der Waals surface area contributed by atoms with Crippen LogP contribution in [0.5, 0.6) is 23.0 Å². The van der Waals surface area contributed by atoms with Gasteiger partial charge in [0.05, 0.1) is 17.7 Å². The van der Waals surface area contributed by atoms with Crippen LogP contribution in [0.1, 0.15) is 53.3 Å². The molecule has 0 saturated heterocycles. The number of carbonyl (C=O) groups is 3. The Kier molecular flexibility index (Phi) is 10.9. The average Bonchev–Trinajstić information content (AvgIpc) is 2.94. The van der Waals surface area contributed by atoms with Crippen molar-refractivity contribution in [1.82, 2.24) is 0 Å². The van der Waals surface area contributed by atoms with Crippen LogP contribution >= 0.6 is 0 Å². The Morgan fingerprint density at radius 2 is 1.13 bits per heavy atom. The van der Waals surface area contributed by atoms with E-state index in [1.807, 2.05) is 0 Å². The number of unbranched alkanes of at least 4 members (excludes halogenated alkanes) is 3. The van der Waals surface area contributed by atoms with Gasteiger partial charge in [0.15, 0.2) is 0 Å². The maximum Gasteiger partial charge on any atom is 0.343 e. The molecule has 8 nitrogen and oxygen atoms in total. The van der Waals surface area contributed by atoms with Gasteiger partial charge in [-0.2, -0.15) is 0 Å². The molecule has 0 amide bonds. The number of esters is 3. The Morgan fingerprint density at radius 1 is 0.658 bits per heavy atom. The molecule has 0 bridgehead atoms. The molecule has 0 heterocycles. The molecule has 198 valence electrons. The molecule has 0 aliphatic carbocycles. The summed E-state index contributed by atoms with van der Waals surface area (Å²) < 4.78 is 26.5. The molecule has 0 spiro atoms. The molecular formula is C30H30O8. The number of benzene rings is 3. The van der Waals surface area contributed by atoms with Crippen LogP contribution in [-0.4, -0.2) is 31.3 Å². The monoisotopic (exact) mass is 518 g/mol. The van der Waals surface area contributed by atoms with Gasteiger partial charge < -0.3 is 23.7 Å². The maximum atomic E-state index is 12.5. The second-order valence-electron chi connectivity index (χ2n) is 8.14. The number of hydrogen-bond donors (Lipinski definition) is 0. The third kappa shape index (κ3) is 9.13. The van der Waals surface area contributed by atoms with E-state index in [-0.39, 0.29) is 18.1 Å². The maximum absolute atomic E-state index is 12.5. The molecule has 0 aromatic heterocycles. The van der Waals surface area contributed by atoms with E-state index in [0.29, 0.717) is 23.7 Å². The summed E-state index contributed by atoms with van der Waals surface area (Å²) >= 11 is 0. The van der Waals surface area contributed by atoms with Crippen LogP contribution in [0.2, 0.25) is 0 Å². The second-order valence-corrected chi connectivity index (χ2v) is 8.14. The molecule has 0 atom stereocenters. The van der Waals surface area contributed by atoms with Crippen molar-refractivity contribution in [2.75, 3.05) is 13.4 Å². The predicted molar refractivity (Wildman–Crippen MR) is 141 cm³/mol. The zero-order chi connectivity index (χ0) is 27.2. The number of carbonyl (C=O) groups excluding carboxylic acids is 3. The van der Waals surface area contributed by atoms with Gasteiger partial charge in [-0.1, -0.05) is 32.8 Å². The highest BCUT2D eigenvalue weighted by molar-refractivity contribution is 5.92. The summed E-state index contributed by atoms with van der Waals surface area (Å²) in [6, 6.07) is 19.1. The third-order valence-corrected chi connectivity index (χ3v) is 5.28. The molecule has 8 heteroatoms. The van der Waals surface area contributed by atoms with Crippen molar-refractivity contribution in [3.63, 3.8) is 0 Å². The summed E-state index contributed by atoms with van der Waals surface area (Å²) in [6.07, 6.45) is 5.56. The van der Waals surface area contributed by atoms with Gasteiger partial charge in [-0.25, -0.2) is 14.4 Å². The Morgan fingerprint density at radius 3 is 1.66 bits per heavy atom. The minimum Gasteiger partial charge on any atom is -0.494 e. The first kappa shape index (κ1) is 28.0. The number of ether oxygens (including phenoxy) is 5. The molecule has 0 fully saturated rings.